The number of carbonyl (C=O) groups excluding carboxylic acids is 1. The van der Waals surface area contributed by atoms with Crippen molar-refractivity contribution in [1.82, 2.24) is 25.4 Å². The highest BCUT2D eigenvalue weighted by molar-refractivity contribution is 5.85. The van der Waals surface area contributed by atoms with Gasteiger partial charge in [0.1, 0.15) is 12.2 Å². The van der Waals surface area contributed by atoms with Gasteiger partial charge in [0, 0.05) is 25.6 Å². The lowest BCUT2D eigenvalue weighted by Crippen LogP contribution is -2.48. The first-order valence-corrected chi connectivity index (χ1v) is 8.66. The normalized spacial score (nSPS) is 28.4. The van der Waals surface area contributed by atoms with Crippen molar-refractivity contribution in [2.75, 3.05) is 19.6 Å². The summed E-state index contributed by atoms with van der Waals surface area (Å²) >= 11 is 0. The first-order valence-electron chi connectivity index (χ1n) is 8.66. The maximum absolute atomic E-state index is 12.8. The fourth-order valence-electron chi connectivity index (χ4n) is 4.25. The van der Waals surface area contributed by atoms with Crippen LogP contribution in [0.4, 0.5) is 0 Å². The second-order valence-electron chi connectivity index (χ2n) is 7.14. The molecule has 0 radical (unpaired) electrons. The van der Waals surface area contributed by atoms with Gasteiger partial charge in [-0.1, -0.05) is 12.8 Å². The van der Waals surface area contributed by atoms with Crippen LogP contribution in [0.25, 0.3) is 0 Å². The molecule has 2 atom stereocenters. The van der Waals surface area contributed by atoms with Crippen molar-refractivity contribution in [1.29, 1.82) is 0 Å². The molecule has 24 heavy (non-hydrogen) atoms. The monoisotopic (exact) mass is 375 g/mol. The van der Waals surface area contributed by atoms with Gasteiger partial charge in [0.05, 0.1) is 5.41 Å². The van der Waals surface area contributed by atoms with Gasteiger partial charge in [-0.25, -0.2) is 0 Å². The third-order valence-electron chi connectivity index (χ3n) is 5.72. The molecule has 2 N–H and O–H groups in total. The maximum atomic E-state index is 12.8. The average Bonchev–Trinajstić information content (AvgIpc) is 3.11. The van der Waals surface area contributed by atoms with Gasteiger partial charge in [-0.2, -0.15) is 0 Å². The van der Waals surface area contributed by atoms with Crippen LogP contribution < -0.4 is 10.6 Å². The molecular formula is C16H27Cl2N5O. The molecule has 0 bridgehead atoms. The molecule has 1 aliphatic heterocycles. The minimum absolute atomic E-state index is 0. The van der Waals surface area contributed by atoms with Crippen LogP contribution in [0.2, 0.25) is 0 Å². The van der Waals surface area contributed by atoms with Crippen molar-refractivity contribution in [3.63, 3.8) is 0 Å². The molecule has 1 saturated heterocycles. The Morgan fingerprint density at radius 3 is 2.96 bits per heavy atom. The second kappa shape index (κ2) is 8.02. The van der Waals surface area contributed by atoms with E-state index in [1.807, 2.05) is 0 Å². The summed E-state index contributed by atoms with van der Waals surface area (Å²) in [6.07, 6.45) is 8.92. The van der Waals surface area contributed by atoms with Crippen LogP contribution in [-0.2, 0) is 11.3 Å². The van der Waals surface area contributed by atoms with Crippen LogP contribution in [0.1, 0.15) is 50.3 Å². The number of rotatable bonds is 5. The van der Waals surface area contributed by atoms with Gasteiger partial charge < -0.3 is 15.2 Å². The standard InChI is InChI=1S/C16H25N5O.2ClH/c22-15(16-6-2-1-3-13(16)9-17-10-16)18-7-8-21-11-19-20-14(21)12-4-5-12;;/h11-13,17H,1-10H2,(H,18,22);2*1H/t13-,16+;;/m0../s1. The Kier molecular flexibility index (Phi) is 6.51. The van der Waals surface area contributed by atoms with E-state index < -0.39 is 0 Å². The van der Waals surface area contributed by atoms with Gasteiger partial charge >= 0.3 is 0 Å². The van der Waals surface area contributed by atoms with Gasteiger partial charge in [-0.05, 0) is 38.1 Å². The Hall–Kier alpha value is -0.850. The van der Waals surface area contributed by atoms with Crippen molar-refractivity contribution >= 4 is 30.7 Å². The number of fused-ring (bicyclic) bond motifs is 1. The van der Waals surface area contributed by atoms with E-state index in [0.29, 0.717) is 18.4 Å². The predicted molar refractivity (Wildman–Crippen MR) is 96.8 cm³/mol. The highest BCUT2D eigenvalue weighted by Crippen LogP contribution is 2.43. The smallest absolute Gasteiger partial charge is 0.227 e. The number of hydrogen-bond acceptors (Lipinski definition) is 4. The van der Waals surface area contributed by atoms with E-state index in [4.69, 9.17) is 0 Å². The Bertz CT molecular complexity index is 562. The van der Waals surface area contributed by atoms with E-state index in [1.54, 1.807) is 6.33 Å². The first-order chi connectivity index (χ1) is 10.8. The number of nitrogens with one attached hydrogen (secondary N) is 2. The summed E-state index contributed by atoms with van der Waals surface area (Å²) in [6.45, 7) is 3.30. The van der Waals surface area contributed by atoms with E-state index >= 15 is 0 Å². The molecular weight excluding hydrogens is 349 g/mol. The van der Waals surface area contributed by atoms with E-state index in [1.165, 1.54) is 32.1 Å². The molecule has 2 saturated carbocycles. The Labute approximate surface area is 155 Å². The number of nitrogens with zero attached hydrogens (tertiary/aromatic N) is 3. The van der Waals surface area contributed by atoms with Crippen molar-refractivity contribution in [2.24, 2.45) is 11.3 Å². The van der Waals surface area contributed by atoms with E-state index in [9.17, 15) is 4.79 Å². The molecule has 2 aliphatic carbocycles. The van der Waals surface area contributed by atoms with E-state index in [2.05, 4.69) is 25.4 Å². The summed E-state index contributed by atoms with van der Waals surface area (Å²) in [5, 5.41) is 14.8. The Balaban J connectivity index is 0.00000104. The quantitative estimate of drug-likeness (QED) is 0.824. The van der Waals surface area contributed by atoms with Crippen LogP contribution in [-0.4, -0.2) is 40.3 Å². The molecule has 4 rings (SSSR count). The lowest BCUT2D eigenvalue weighted by Gasteiger charge is -2.37. The van der Waals surface area contributed by atoms with Gasteiger partial charge in [-0.15, -0.1) is 35.0 Å². The molecule has 1 aromatic heterocycles. The molecule has 8 heteroatoms. The van der Waals surface area contributed by atoms with Crippen LogP contribution in [0, 0.1) is 11.3 Å². The fourth-order valence-corrected chi connectivity index (χ4v) is 4.25. The molecule has 3 aliphatic rings. The largest absolute Gasteiger partial charge is 0.354 e. The zero-order valence-corrected chi connectivity index (χ0v) is 15.5. The molecule has 0 aromatic carbocycles. The third kappa shape index (κ3) is 3.55. The number of carbonyl (C=O) groups is 1. The molecule has 6 nitrogen and oxygen atoms in total. The van der Waals surface area contributed by atoms with Crippen molar-refractivity contribution in [2.45, 2.75) is 51.0 Å². The molecule has 0 spiro atoms. The Morgan fingerprint density at radius 1 is 1.33 bits per heavy atom. The highest BCUT2D eigenvalue weighted by Gasteiger charge is 2.49. The van der Waals surface area contributed by atoms with Crippen LogP contribution in [0.3, 0.4) is 0 Å². The molecule has 1 aromatic rings. The zero-order valence-electron chi connectivity index (χ0n) is 13.9. The summed E-state index contributed by atoms with van der Waals surface area (Å²) < 4.78 is 2.10. The van der Waals surface area contributed by atoms with Crippen LogP contribution in [0.15, 0.2) is 6.33 Å². The van der Waals surface area contributed by atoms with Gasteiger partial charge in [0.25, 0.3) is 0 Å². The average molecular weight is 376 g/mol. The van der Waals surface area contributed by atoms with E-state index in [0.717, 1.165) is 31.9 Å². The summed E-state index contributed by atoms with van der Waals surface area (Å²) in [5.41, 5.74) is -0.148. The Morgan fingerprint density at radius 2 is 2.17 bits per heavy atom. The number of halogens is 2. The second-order valence-corrected chi connectivity index (χ2v) is 7.14. The lowest BCUT2D eigenvalue weighted by molar-refractivity contribution is -0.134. The van der Waals surface area contributed by atoms with Crippen molar-refractivity contribution in [3.8, 4) is 0 Å². The lowest BCUT2D eigenvalue weighted by atomic mass is 9.67. The number of amides is 1. The summed E-state index contributed by atoms with van der Waals surface area (Å²) in [6, 6.07) is 0. The van der Waals surface area contributed by atoms with Gasteiger partial charge in [0.2, 0.25) is 5.91 Å². The molecule has 2 heterocycles. The SMILES string of the molecule is Cl.Cl.O=C(NCCn1cnnc1C1CC1)[C@@]12CCCC[C@H]1CNC2. The number of hydrogen-bond donors (Lipinski definition) is 2. The van der Waals surface area contributed by atoms with Crippen LogP contribution >= 0.6 is 24.8 Å². The summed E-state index contributed by atoms with van der Waals surface area (Å²) in [5.74, 6) is 2.46. The maximum Gasteiger partial charge on any atom is 0.227 e. The summed E-state index contributed by atoms with van der Waals surface area (Å²) in [4.78, 5) is 12.8. The highest BCUT2D eigenvalue weighted by atomic mass is 35.5. The molecule has 0 unspecified atom stereocenters. The molecule has 3 fully saturated rings. The van der Waals surface area contributed by atoms with E-state index in [-0.39, 0.29) is 36.1 Å². The molecule has 136 valence electrons. The third-order valence-corrected chi connectivity index (χ3v) is 5.72. The first kappa shape index (κ1) is 19.5. The van der Waals surface area contributed by atoms with Gasteiger partial charge in [0.15, 0.2) is 0 Å². The zero-order chi connectivity index (χ0) is 15.0. The number of aromatic nitrogens is 3. The minimum Gasteiger partial charge on any atom is -0.354 e. The minimum atomic E-state index is -0.148. The van der Waals surface area contributed by atoms with Crippen molar-refractivity contribution in [3.05, 3.63) is 12.2 Å². The fraction of sp³-hybridized carbons (Fsp3) is 0.812. The van der Waals surface area contributed by atoms with Crippen molar-refractivity contribution < 1.29 is 4.79 Å². The topological polar surface area (TPSA) is 71.8 Å². The molecule has 1 amide bonds. The van der Waals surface area contributed by atoms with Gasteiger partial charge in [-0.3, -0.25) is 4.79 Å². The summed E-state index contributed by atoms with van der Waals surface area (Å²) in [7, 11) is 0. The predicted octanol–water partition coefficient (Wildman–Crippen LogP) is 1.90. The van der Waals surface area contributed by atoms with Crippen LogP contribution in [0.5, 0.6) is 0 Å².